The Balaban J connectivity index is 1.52. The number of carboxylic acid groups (broad SMARTS) is 1. The lowest BCUT2D eigenvalue weighted by Crippen LogP contribution is -2.58. The Labute approximate surface area is 194 Å². The molecule has 1 aromatic heterocycles. The van der Waals surface area contributed by atoms with Gasteiger partial charge in [-0.15, -0.1) is 11.3 Å². The summed E-state index contributed by atoms with van der Waals surface area (Å²) in [7, 11) is 0. The molecule has 0 aliphatic carbocycles. The molecule has 3 heterocycles. The quantitative estimate of drug-likeness (QED) is 0.524. The maximum absolute atomic E-state index is 13.6. The van der Waals surface area contributed by atoms with Crippen LogP contribution in [0.25, 0.3) is 0 Å². The van der Waals surface area contributed by atoms with Crippen molar-refractivity contribution >= 4 is 34.8 Å². The van der Waals surface area contributed by atoms with Crippen LogP contribution in [0.2, 0.25) is 0 Å². The number of nitrogens with one attached hydrogen (secondary N) is 1. The molecule has 0 spiro atoms. The van der Waals surface area contributed by atoms with Gasteiger partial charge in [-0.3, -0.25) is 19.7 Å². The standard InChI is InChI=1S/C25H22N2O5S/c28-22-19-20(23(29)27(22)17-10-5-2-6-11-17)25(24(30)31,26-21(19)18-12-7-13-33-18)15-32-14-16-8-3-1-4-9-16/h1-13,19-21,26H,14-15H2,(H,30,31). The number of benzene rings is 2. The highest BCUT2D eigenvalue weighted by atomic mass is 32.1. The van der Waals surface area contributed by atoms with Crippen molar-refractivity contribution in [3.8, 4) is 0 Å². The summed E-state index contributed by atoms with van der Waals surface area (Å²) in [4.78, 5) is 41.8. The summed E-state index contributed by atoms with van der Waals surface area (Å²) in [6, 6.07) is 21.1. The topological polar surface area (TPSA) is 95.9 Å². The van der Waals surface area contributed by atoms with Crippen molar-refractivity contribution in [2.75, 3.05) is 11.5 Å². The molecule has 33 heavy (non-hydrogen) atoms. The molecule has 2 N–H and O–H groups in total. The molecule has 7 nitrogen and oxygen atoms in total. The van der Waals surface area contributed by atoms with Crippen molar-refractivity contribution in [1.82, 2.24) is 5.32 Å². The number of hydrogen-bond acceptors (Lipinski definition) is 6. The summed E-state index contributed by atoms with van der Waals surface area (Å²) in [5.74, 6) is -4.05. The molecule has 2 aliphatic rings. The zero-order valence-electron chi connectivity index (χ0n) is 17.6. The Kier molecular flexibility index (Phi) is 5.57. The fourth-order valence-corrected chi connectivity index (χ4v) is 5.67. The molecule has 2 fully saturated rings. The molecule has 4 unspecified atom stereocenters. The van der Waals surface area contributed by atoms with Crippen LogP contribution in [0.5, 0.6) is 0 Å². The van der Waals surface area contributed by atoms with Gasteiger partial charge in [0.05, 0.1) is 36.8 Å². The number of carboxylic acids is 1. The zero-order chi connectivity index (χ0) is 23.0. The molecule has 0 bridgehead atoms. The summed E-state index contributed by atoms with van der Waals surface area (Å²) < 4.78 is 5.84. The number of fused-ring (bicyclic) bond motifs is 1. The van der Waals surface area contributed by atoms with Gasteiger partial charge in [-0.05, 0) is 29.1 Å². The first kappa shape index (κ1) is 21.5. The molecule has 3 aromatic rings. The lowest BCUT2D eigenvalue weighted by molar-refractivity contribution is -0.152. The minimum absolute atomic E-state index is 0.198. The average molecular weight is 463 g/mol. The molecule has 2 amide bonds. The van der Waals surface area contributed by atoms with Gasteiger partial charge in [-0.25, -0.2) is 4.90 Å². The Hall–Kier alpha value is -3.33. The third kappa shape index (κ3) is 3.56. The fourth-order valence-electron chi connectivity index (χ4n) is 4.84. The van der Waals surface area contributed by atoms with Crippen molar-refractivity contribution in [2.24, 2.45) is 11.8 Å². The van der Waals surface area contributed by atoms with Crippen molar-refractivity contribution < 1.29 is 24.2 Å². The number of imide groups is 1. The van der Waals surface area contributed by atoms with Gasteiger partial charge in [0, 0.05) is 4.88 Å². The highest BCUT2D eigenvalue weighted by Crippen LogP contribution is 2.50. The van der Waals surface area contributed by atoms with Crippen LogP contribution in [-0.4, -0.2) is 35.0 Å². The number of carbonyl (C=O) groups excluding carboxylic acids is 2. The van der Waals surface area contributed by atoms with Gasteiger partial charge in [-0.1, -0.05) is 54.6 Å². The Morgan fingerprint density at radius 2 is 1.70 bits per heavy atom. The first-order valence-electron chi connectivity index (χ1n) is 10.6. The lowest BCUT2D eigenvalue weighted by Gasteiger charge is -2.30. The Morgan fingerprint density at radius 1 is 1.00 bits per heavy atom. The van der Waals surface area contributed by atoms with Crippen molar-refractivity contribution in [3.63, 3.8) is 0 Å². The van der Waals surface area contributed by atoms with E-state index in [0.717, 1.165) is 15.3 Å². The van der Waals surface area contributed by atoms with Crippen LogP contribution >= 0.6 is 11.3 Å². The van der Waals surface area contributed by atoms with Crippen LogP contribution in [0.3, 0.4) is 0 Å². The largest absolute Gasteiger partial charge is 0.480 e. The van der Waals surface area contributed by atoms with Gasteiger partial charge in [-0.2, -0.15) is 0 Å². The van der Waals surface area contributed by atoms with E-state index in [-0.39, 0.29) is 13.2 Å². The predicted molar refractivity (Wildman–Crippen MR) is 123 cm³/mol. The summed E-state index contributed by atoms with van der Waals surface area (Å²) in [6.45, 7) is -0.0505. The predicted octanol–water partition coefficient (Wildman–Crippen LogP) is 3.24. The highest BCUT2D eigenvalue weighted by molar-refractivity contribution is 7.10. The molecule has 0 saturated carbocycles. The van der Waals surface area contributed by atoms with Crippen LogP contribution in [0.4, 0.5) is 5.69 Å². The third-order valence-electron chi connectivity index (χ3n) is 6.34. The number of para-hydroxylation sites is 1. The van der Waals surface area contributed by atoms with E-state index in [1.807, 2.05) is 47.8 Å². The van der Waals surface area contributed by atoms with Gasteiger partial charge >= 0.3 is 5.97 Å². The second-order valence-electron chi connectivity index (χ2n) is 8.24. The number of aliphatic carboxylic acids is 1. The minimum atomic E-state index is -1.73. The summed E-state index contributed by atoms with van der Waals surface area (Å²) in [5.41, 5.74) is -0.400. The molecule has 0 radical (unpaired) electrons. The smallest absolute Gasteiger partial charge is 0.327 e. The Morgan fingerprint density at radius 3 is 2.33 bits per heavy atom. The monoisotopic (exact) mass is 462 g/mol. The molecule has 168 valence electrons. The Bertz CT molecular complexity index is 1170. The molecule has 2 saturated heterocycles. The van der Waals surface area contributed by atoms with E-state index in [1.54, 1.807) is 30.3 Å². The maximum Gasteiger partial charge on any atom is 0.327 e. The second kappa shape index (κ2) is 8.55. The zero-order valence-corrected chi connectivity index (χ0v) is 18.4. The van der Waals surface area contributed by atoms with Gasteiger partial charge in [0.25, 0.3) is 0 Å². The molecule has 8 heteroatoms. The molecule has 4 atom stereocenters. The average Bonchev–Trinajstić information content (AvgIpc) is 3.53. The number of anilines is 1. The van der Waals surface area contributed by atoms with Crippen molar-refractivity contribution in [2.45, 2.75) is 18.2 Å². The summed E-state index contributed by atoms with van der Waals surface area (Å²) >= 11 is 1.42. The maximum atomic E-state index is 13.6. The van der Waals surface area contributed by atoms with E-state index in [1.165, 1.54) is 11.3 Å². The molecule has 2 aromatic carbocycles. The van der Waals surface area contributed by atoms with E-state index in [4.69, 9.17) is 4.74 Å². The van der Waals surface area contributed by atoms with Gasteiger partial charge < -0.3 is 9.84 Å². The van der Waals surface area contributed by atoms with Gasteiger partial charge in [0.15, 0.2) is 5.54 Å². The number of ether oxygens (including phenoxy) is 1. The van der Waals surface area contributed by atoms with Crippen LogP contribution in [0.15, 0.2) is 78.2 Å². The molecule has 2 aliphatic heterocycles. The molecule has 5 rings (SSSR count). The normalized spacial score (nSPS) is 26.5. The molecular weight excluding hydrogens is 440 g/mol. The highest BCUT2D eigenvalue weighted by Gasteiger charge is 2.69. The number of thiophene rings is 1. The SMILES string of the molecule is O=C1C2C(c3cccs3)NC(COCc3ccccc3)(C(=O)O)C2C(=O)N1c1ccccc1. The lowest BCUT2D eigenvalue weighted by atomic mass is 9.80. The fraction of sp³-hybridized carbons (Fsp3) is 0.240. The van der Waals surface area contributed by atoms with E-state index in [9.17, 15) is 19.5 Å². The number of amides is 2. The number of carbonyl (C=O) groups is 3. The van der Waals surface area contributed by atoms with E-state index < -0.39 is 41.2 Å². The van der Waals surface area contributed by atoms with Gasteiger partial charge in [0.2, 0.25) is 11.8 Å². The van der Waals surface area contributed by atoms with E-state index in [2.05, 4.69) is 5.32 Å². The second-order valence-corrected chi connectivity index (χ2v) is 9.22. The van der Waals surface area contributed by atoms with Crippen LogP contribution < -0.4 is 10.2 Å². The first-order chi connectivity index (χ1) is 16.0. The minimum Gasteiger partial charge on any atom is -0.480 e. The van der Waals surface area contributed by atoms with Crippen molar-refractivity contribution in [3.05, 3.63) is 88.6 Å². The number of rotatable bonds is 7. The summed E-state index contributed by atoms with van der Waals surface area (Å²) in [5, 5.41) is 15.4. The van der Waals surface area contributed by atoms with Crippen LogP contribution in [0, 0.1) is 11.8 Å². The van der Waals surface area contributed by atoms with Crippen molar-refractivity contribution in [1.29, 1.82) is 0 Å². The van der Waals surface area contributed by atoms with Gasteiger partial charge in [0.1, 0.15) is 0 Å². The molecular formula is C25H22N2O5S. The number of hydrogen-bond donors (Lipinski definition) is 2. The number of nitrogens with zero attached hydrogens (tertiary/aromatic N) is 1. The van der Waals surface area contributed by atoms with E-state index >= 15 is 0 Å². The van der Waals surface area contributed by atoms with Crippen LogP contribution in [-0.2, 0) is 25.7 Å². The van der Waals surface area contributed by atoms with E-state index in [0.29, 0.717) is 5.69 Å². The van der Waals surface area contributed by atoms with Crippen LogP contribution in [0.1, 0.15) is 16.5 Å². The third-order valence-corrected chi connectivity index (χ3v) is 7.30. The summed E-state index contributed by atoms with van der Waals surface area (Å²) in [6.07, 6.45) is 0. The first-order valence-corrected chi connectivity index (χ1v) is 11.5.